The lowest BCUT2D eigenvalue weighted by Crippen LogP contribution is -2.41. The van der Waals surface area contributed by atoms with E-state index in [1.165, 1.54) is 77.5 Å². The summed E-state index contributed by atoms with van der Waals surface area (Å²) in [5.41, 5.74) is 6.07. The fourth-order valence-corrected chi connectivity index (χ4v) is 15.4. The Kier molecular flexibility index (Phi) is 45.0. The molecule has 7 fully saturated rings. The summed E-state index contributed by atoms with van der Waals surface area (Å²) in [5, 5.41) is 37.4. The molecular weight excluding hydrogens is 1720 g/mol. The van der Waals surface area contributed by atoms with Crippen LogP contribution in [0.5, 0.6) is 0 Å². The second kappa shape index (κ2) is 52.6. The van der Waals surface area contributed by atoms with Crippen LogP contribution < -0.4 is 16.2 Å². The number of halogens is 4. The Morgan fingerprint density at radius 3 is 1.38 bits per heavy atom. The minimum atomic E-state index is -3.29. The number of aromatic amines is 1. The van der Waals surface area contributed by atoms with Gasteiger partial charge in [-0.1, -0.05) is 39.1 Å². The zero-order chi connectivity index (χ0) is 86.4. The van der Waals surface area contributed by atoms with E-state index in [-0.39, 0.29) is 43.2 Å². The predicted octanol–water partition coefficient (Wildman–Crippen LogP) is 11.2. The van der Waals surface area contributed by atoms with Crippen molar-refractivity contribution >= 4 is 112 Å². The minimum Gasteiger partial charge on any atom is -0.399 e. The van der Waals surface area contributed by atoms with Gasteiger partial charge in [0, 0.05) is 183 Å². The topological polar surface area (TPSA) is 308 Å². The number of nitrogens with one attached hydrogen (secondary N) is 2. The number of rotatable bonds is 26. The number of pyridine rings is 4. The van der Waals surface area contributed by atoms with Gasteiger partial charge in [-0.2, -0.15) is 23.7 Å². The number of hydrogen-bond donors (Lipinski definition) is 4. The van der Waals surface area contributed by atoms with Crippen molar-refractivity contribution in [1.29, 1.82) is 0 Å². The number of nitrogens with zero attached hydrogens (tertiary/aromatic N) is 13. The van der Waals surface area contributed by atoms with Crippen LogP contribution in [-0.2, 0) is 69.7 Å². The molecule has 14 rings (SSSR count). The minimum absolute atomic E-state index is 0.271. The van der Waals surface area contributed by atoms with Gasteiger partial charge in [-0.3, -0.25) is 28.6 Å². The van der Waals surface area contributed by atoms with E-state index in [2.05, 4.69) is 141 Å². The maximum Gasteiger partial charge on any atom is 0.498 e. The maximum absolute atomic E-state index is 10.7. The number of likely N-dealkylation sites (tertiary alicyclic amines) is 4. The largest absolute Gasteiger partial charge is 0.498 e. The van der Waals surface area contributed by atoms with Gasteiger partial charge in [0.1, 0.15) is 10.3 Å². The van der Waals surface area contributed by atoms with E-state index >= 15 is 0 Å². The van der Waals surface area contributed by atoms with Gasteiger partial charge in [0.25, 0.3) is 10.1 Å². The fourth-order valence-electron chi connectivity index (χ4n) is 14.1. The number of aliphatic hydroxyl groups is 2. The SMILES string of the molecule is CC1(C)OB(c2cn[nH]c2)OC1(C)C.COC1CCCN(CCCO)C1.COC1CCCN(CCCOS(C)(=O)=O)C1.COC1CCCN(CCCn2cc(-c3cnc4ccc(Cl)nc4c3)cn2)C1.COC1CCCN(CCCn2cc(B3OC(C)(C)C(C)(C)O3)cn2)C1.COC1CCCNC1.Clc1ccc2ncc(Br)cc2n1.OCCCBr. The van der Waals surface area contributed by atoms with Crippen molar-refractivity contribution < 1.29 is 65.1 Å². The van der Waals surface area contributed by atoms with E-state index in [9.17, 15) is 8.42 Å². The molecule has 7 aromatic rings. The molecule has 36 heteroatoms. The normalized spacial score (nSPS) is 21.7. The molecule has 0 amide bonds. The molecule has 666 valence electrons. The van der Waals surface area contributed by atoms with Crippen LogP contribution in [0, 0.1) is 0 Å². The molecule has 0 bridgehead atoms. The molecule has 0 aromatic carbocycles. The Labute approximate surface area is 735 Å². The van der Waals surface area contributed by atoms with Crippen LogP contribution in [0.3, 0.4) is 0 Å². The average Bonchev–Trinajstić information content (AvgIpc) is 1.63. The molecule has 14 heterocycles. The highest BCUT2D eigenvalue weighted by atomic mass is 79.9. The van der Waals surface area contributed by atoms with Crippen LogP contribution >= 0.6 is 55.1 Å². The number of hydrogen-bond acceptors (Lipinski definition) is 26. The highest BCUT2D eigenvalue weighted by Gasteiger charge is 2.53. The summed E-state index contributed by atoms with van der Waals surface area (Å²) in [6.07, 6.45) is 34.7. The van der Waals surface area contributed by atoms with Crippen LogP contribution in [-0.4, -0.2) is 314 Å². The number of fused-ring (bicyclic) bond motifs is 2. The highest BCUT2D eigenvalue weighted by molar-refractivity contribution is 9.10. The monoisotopic (exact) mass is 1850 g/mol. The number of aromatic nitrogens is 10. The van der Waals surface area contributed by atoms with Crippen molar-refractivity contribution in [3.8, 4) is 11.1 Å². The van der Waals surface area contributed by atoms with Crippen molar-refractivity contribution in [2.75, 3.05) is 159 Å². The van der Waals surface area contributed by atoms with Gasteiger partial charge in [-0.05, 0) is 250 Å². The molecule has 4 N–H and O–H groups in total. The molecule has 0 spiro atoms. The number of piperidine rings is 5. The summed E-state index contributed by atoms with van der Waals surface area (Å²) in [6.45, 7) is 34.0. The zero-order valence-electron chi connectivity index (χ0n) is 72.9. The summed E-state index contributed by atoms with van der Waals surface area (Å²) >= 11 is 18.2. The summed E-state index contributed by atoms with van der Waals surface area (Å²) < 4.78 is 81.6. The highest BCUT2D eigenvalue weighted by Crippen LogP contribution is 2.38. The second-order valence-electron chi connectivity index (χ2n) is 32.8. The molecule has 7 saturated heterocycles. The molecule has 7 aromatic heterocycles. The number of methoxy groups -OCH3 is 5. The number of ether oxygens (including phenoxy) is 5. The number of aliphatic hydroxyl groups excluding tert-OH is 2. The third-order valence-corrected chi connectivity index (χ3v) is 24.5. The Morgan fingerprint density at radius 2 is 0.958 bits per heavy atom. The zero-order valence-corrected chi connectivity index (χ0v) is 78.4. The van der Waals surface area contributed by atoms with Gasteiger partial charge in [-0.25, -0.2) is 9.97 Å². The first-order chi connectivity index (χ1) is 56.9. The first-order valence-corrected chi connectivity index (χ1v) is 46.5. The standard InChI is InChI=1S/C20H24ClN5O.C18H32BN3O3.C10H21NO4S.C9H15BN2O2.C9H19NO2.C8H4BrClN2.C6H13NO.C3H7BrO/c1-27-17-4-2-7-25(14-17)8-3-9-26-13-16(12-23-26)15-10-19-18(22-11-15)5-6-20(21)24-19;1-17(2)18(3,4)25-19(24-17)15-12-20-22(13-15)11-7-10-21-9-6-8-16(14-21)23-5;1-14-10-5-3-6-11(9-10)7-4-8-15-16(2,12)13;1-8(2)9(3,4)14-10(13-8)7-5-11-12-6-7;1-12-9-4-2-5-10(8-9)6-3-7-11;9-5-3-7-6(11-4-5)1-2-8(10)12-7;1-8-6-3-2-4-7-5-6;4-2-1-3-5/h5-6,10-13,17H,2-4,7-9,14H2,1H3;12-13,16H,6-11,14H2,1-5H3;10H,3-9H2,1-2H3;5-6H,1-4H3,(H,11,12);9,11H,2-8H2,1H3;1-4H;6-7H,2-5H2,1H3;5H,1-3H2. The Balaban J connectivity index is 0.000000196. The first-order valence-electron chi connectivity index (χ1n) is 42.0. The molecule has 119 heavy (non-hydrogen) atoms. The molecule has 0 aliphatic carbocycles. The second-order valence-corrected chi connectivity index (χ2v) is 36.9. The van der Waals surface area contributed by atoms with E-state index in [4.69, 9.17) is 75.7 Å². The van der Waals surface area contributed by atoms with Crippen molar-refractivity contribution in [2.24, 2.45) is 0 Å². The smallest absolute Gasteiger partial charge is 0.399 e. The van der Waals surface area contributed by atoms with E-state index in [1.54, 1.807) is 52.1 Å². The van der Waals surface area contributed by atoms with E-state index < -0.39 is 10.1 Å². The van der Waals surface area contributed by atoms with E-state index in [0.29, 0.717) is 54.0 Å². The number of aryl methyl sites for hydroxylation is 2. The summed E-state index contributed by atoms with van der Waals surface area (Å²) in [4.78, 5) is 26.7. The van der Waals surface area contributed by atoms with Gasteiger partial charge in [0.15, 0.2) is 0 Å². The lowest BCUT2D eigenvalue weighted by Gasteiger charge is -2.32. The van der Waals surface area contributed by atoms with Gasteiger partial charge in [0.05, 0.1) is 94.1 Å². The Hall–Kier alpha value is -4.31. The van der Waals surface area contributed by atoms with Crippen LogP contribution in [0.4, 0.5) is 0 Å². The van der Waals surface area contributed by atoms with Crippen molar-refractivity contribution in [3.63, 3.8) is 0 Å². The van der Waals surface area contributed by atoms with Crippen LogP contribution in [0.1, 0.15) is 152 Å². The molecule has 29 nitrogen and oxygen atoms in total. The molecule has 0 saturated carbocycles. The third-order valence-electron chi connectivity index (χ3n) is 22.5. The average molecular weight is 1850 g/mol. The molecule has 7 aliphatic rings. The van der Waals surface area contributed by atoms with Crippen molar-refractivity contribution in [3.05, 3.63) is 101 Å². The summed E-state index contributed by atoms with van der Waals surface area (Å²) in [5.74, 6) is 0. The quantitative estimate of drug-likeness (QED) is 0.0129. The number of alkyl halides is 1. The maximum atomic E-state index is 10.7. The molecular formula is C83H135B2Br2Cl2N15O14S. The van der Waals surface area contributed by atoms with Crippen molar-refractivity contribution in [1.82, 2.24) is 74.6 Å². The Bertz CT molecular complexity index is 4020. The van der Waals surface area contributed by atoms with E-state index in [0.717, 1.165) is 184 Å². The molecule has 0 radical (unpaired) electrons. The third kappa shape index (κ3) is 35.9. The van der Waals surface area contributed by atoms with Crippen molar-refractivity contribution in [2.45, 2.75) is 218 Å². The first kappa shape index (κ1) is 102. The predicted molar refractivity (Wildman–Crippen MR) is 481 cm³/mol. The van der Waals surface area contributed by atoms with Gasteiger partial charge in [0.2, 0.25) is 0 Å². The summed E-state index contributed by atoms with van der Waals surface area (Å²) in [7, 11) is 4.99. The Morgan fingerprint density at radius 1 is 0.521 bits per heavy atom. The van der Waals surface area contributed by atoms with Gasteiger partial charge < -0.3 is 77.4 Å². The number of H-pyrrole nitrogens is 1. The summed E-state index contributed by atoms with van der Waals surface area (Å²) in [6, 6.07) is 11.1. The van der Waals surface area contributed by atoms with Crippen LogP contribution in [0.15, 0.2) is 90.4 Å². The van der Waals surface area contributed by atoms with E-state index in [1.807, 2.05) is 94.1 Å². The lowest BCUT2D eigenvalue weighted by atomic mass is 9.82. The molecule has 7 aliphatic heterocycles. The van der Waals surface area contributed by atoms with Crippen LogP contribution in [0.2, 0.25) is 10.3 Å². The van der Waals surface area contributed by atoms with Gasteiger partial charge >= 0.3 is 14.2 Å². The molecule has 5 atom stereocenters. The molecule has 5 unspecified atom stereocenters. The van der Waals surface area contributed by atoms with Gasteiger partial charge in [-0.15, -0.1) is 0 Å². The lowest BCUT2D eigenvalue weighted by molar-refractivity contribution is 0.00578. The van der Waals surface area contributed by atoms with Crippen LogP contribution in [0.25, 0.3) is 33.2 Å². The fraction of sp³-hybridized carbons (Fsp3) is 0.699.